The quantitative estimate of drug-likeness (QED) is 0.709. The Morgan fingerprint density at radius 2 is 1.68 bits per heavy atom. The molecule has 0 atom stereocenters. The van der Waals surface area contributed by atoms with Crippen LogP contribution in [0.5, 0.6) is 0 Å². The van der Waals surface area contributed by atoms with E-state index in [9.17, 15) is 8.78 Å². The molecule has 3 aromatic rings. The molecule has 0 saturated heterocycles. The van der Waals surface area contributed by atoms with Crippen LogP contribution in [0.15, 0.2) is 36.7 Å². The van der Waals surface area contributed by atoms with E-state index in [1.54, 1.807) is 41.4 Å². The fourth-order valence-corrected chi connectivity index (χ4v) is 2.48. The molecule has 2 heterocycles. The van der Waals surface area contributed by atoms with E-state index in [0.717, 1.165) is 10.9 Å². The van der Waals surface area contributed by atoms with Gasteiger partial charge in [0.25, 0.3) is 6.43 Å². The number of fused-ring (bicyclic) bond motifs is 1. The maximum Gasteiger partial charge on any atom is 0.297 e. The second kappa shape index (κ2) is 6.92. The number of para-hydroxylation sites is 1. The Bertz CT molecular complexity index is 867. The number of halogens is 2. The second-order valence-corrected chi connectivity index (χ2v) is 5.87. The zero-order valence-electron chi connectivity index (χ0n) is 14.2. The first-order valence-electron chi connectivity index (χ1n) is 7.70. The lowest BCUT2D eigenvalue weighted by Gasteiger charge is -2.20. The minimum Gasteiger partial charge on any atom is -0.355 e. The van der Waals surface area contributed by atoms with Crippen molar-refractivity contribution in [2.24, 2.45) is 0 Å². The second-order valence-electron chi connectivity index (χ2n) is 5.87. The first-order chi connectivity index (χ1) is 12.0. The van der Waals surface area contributed by atoms with Crippen LogP contribution in [0.4, 0.5) is 20.5 Å². The molecule has 3 rings (SSSR count). The molecule has 6 nitrogen and oxygen atoms in total. The molecule has 0 aliphatic rings. The van der Waals surface area contributed by atoms with Crippen molar-refractivity contribution in [1.82, 2.24) is 19.9 Å². The molecule has 0 saturated carbocycles. The predicted molar refractivity (Wildman–Crippen MR) is 93.0 cm³/mol. The molecule has 0 N–H and O–H groups in total. The van der Waals surface area contributed by atoms with Gasteiger partial charge < -0.3 is 9.80 Å². The Hall–Kier alpha value is -2.90. The topological polar surface area (TPSA) is 58.0 Å². The van der Waals surface area contributed by atoms with Crippen molar-refractivity contribution < 1.29 is 8.78 Å². The van der Waals surface area contributed by atoms with E-state index in [-0.39, 0.29) is 0 Å². The van der Waals surface area contributed by atoms with Crippen molar-refractivity contribution in [1.29, 1.82) is 0 Å². The van der Waals surface area contributed by atoms with E-state index in [4.69, 9.17) is 0 Å². The molecule has 0 amide bonds. The molecular formula is C17H18F2N6. The van der Waals surface area contributed by atoms with Crippen LogP contribution in [0.2, 0.25) is 0 Å². The third kappa shape index (κ3) is 3.62. The molecule has 1 aromatic carbocycles. The summed E-state index contributed by atoms with van der Waals surface area (Å²) in [4.78, 5) is 20.1. The number of aromatic nitrogens is 4. The van der Waals surface area contributed by atoms with Gasteiger partial charge in [-0.15, -0.1) is 0 Å². The molecule has 0 unspecified atom stereocenters. The lowest BCUT2D eigenvalue weighted by molar-refractivity contribution is 0.141. The standard InChI is InChI=1S/C17H18F2N6/c1-24(2)17-20-8-11(9-21-17)10-25(3)16-12-6-4-5-7-13(12)22-15(23-16)14(18)19/h4-9,14H,10H2,1-3H3. The van der Waals surface area contributed by atoms with Crippen LogP contribution in [0.1, 0.15) is 17.8 Å². The van der Waals surface area contributed by atoms with Crippen molar-refractivity contribution in [2.75, 3.05) is 30.9 Å². The maximum absolute atomic E-state index is 13.1. The zero-order valence-corrected chi connectivity index (χ0v) is 14.2. The van der Waals surface area contributed by atoms with E-state index in [1.165, 1.54) is 0 Å². The van der Waals surface area contributed by atoms with Gasteiger partial charge in [-0.2, -0.15) is 0 Å². The molecule has 0 aliphatic carbocycles. The van der Waals surface area contributed by atoms with Crippen LogP contribution >= 0.6 is 0 Å². The highest BCUT2D eigenvalue weighted by molar-refractivity contribution is 5.89. The van der Waals surface area contributed by atoms with Crippen LogP contribution in [-0.2, 0) is 6.54 Å². The Labute approximate surface area is 144 Å². The van der Waals surface area contributed by atoms with E-state index in [2.05, 4.69) is 19.9 Å². The Morgan fingerprint density at radius 3 is 2.32 bits per heavy atom. The molecule has 25 heavy (non-hydrogen) atoms. The number of nitrogens with zero attached hydrogens (tertiary/aromatic N) is 6. The highest BCUT2D eigenvalue weighted by Crippen LogP contribution is 2.27. The zero-order chi connectivity index (χ0) is 18.0. The van der Waals surface area contributed by atoms with Crippen molar-refractivity contribution in [2.45, 2.75) is 13.0 Å². The number of rotatable bonds is 5. The van der Waals surface area contributed by atoms with Crippen molar-refractivity contribution in [3.63, 3.8) is 0 Å². The largest absolute Gasteiger partial charge is 0.355 e. The first kappa shape index (κ1) is 16.9. The fourth-order valence-electron chi connectivity index (χ4n) is 2.48. The van der Waals surface area contributed by atoms with Gasteiger partial charge in [-0.3, -0.25) is 0 Å². The minimum absolute atomic E-state index is 0.442. The molecule has 0 radical (unpaired) electrons. The van der Waals surface area contributed by atoms with E-state index < -0.39 is 12.2 Å². The van der Waals surface area contributed by atoms with E-state index in [1.807, 2.05) is 26.2 Å². The van der Waals surface area contributed by atoms with Gasteiger partial charge in [0.1, 0.15) is 5.82 Å². The summed E-state index contributed by atoms with van der Waals surface area (Å²) in [6.07, 6.45) is 0.714. The summed E-state index contributed by atoms with van der Waals surface area (Å²) in [5.41, 5.74) is 1.35. The number of alkyl halides is 2. The van der Waals surface area contributed by atoms with Gasteiger partial charge in [0.15, 0.2) is 5.82 Å². The fraction of sp³-hybridized carbons (Fsp3) is 0.294. The highest BCUT2D eigenvalue weighted by atomic mass is 19.3. The summed E-state index contributed by atoms with van der Waals surface area (Å²) in [7, 11) is 5.52. The molecule has 130 valence electrons. The number of hydrogen-bond acceptors (Lipinski definition) is 6. The minimum atomic E-state index is -2.72. The first-order valence-corrected chi connectivity index (χ1v) is 7.70. The lowest BCUT2D eigenvalue weighted by Crippen LogP contribution is -2.20. The van der Waals surface area contributed by atoms with Crippen LogP contribution in [0.3, 0.4) is 0 Å². The van der Waals surface area contributed by atoms with Gasteiger partial charge in [0.05, 0.1) is 5.52 Å². The Kier molecular flexibility index (Phi) is 4.69. The average Bonchev–Trinajstić information content (AvgIpc) is 2.61. The summed E-state index contributed by atoms with van der Waals surface area (Å²) >= 11 is 0. The molecule has 8 heteroatoms. The van der Waals surface area contributed by atoms with Crippen molar-refractivity contribution in [3.05, 3.63) is 48.0 Å². The summed E-state index contributed by atoms with van der Waals surface area (Å²) in [6.45, 7) is 0.442. The summed E-state index contributed by atoms with van der Waals surface area (Å²) in [6, 6.07) is 7.12. The monoisotopic (exact) mass is 344 g/mol. The Morgan fingerprint density at radius 1 is 1.00 bits per heavy atom. The number of hydrogen-bond donors (Lipinski definition) is 0. The van der Waals surface area contributed by atoms with Crippen molar-refractivity contribution in [3.8, 4) is 0 Å². The highest BCUT2D eigenvalue weighted by Gasteiger charge is 2.17. The van der Waals surface area contributed by atoms with Gasteiger partial charge in [0, 0.05) is 51.0 Å². The molecule has 0 spiro atoms. The number of anilines is 2. The van der Waals surface area contributed by atoms with E-state index >= 15 is 0 Å². The van der Waals surface area contributed by atoms with Crippen molar-refractivity contribution >= 4 is 22.7 Å². The number of benzene rings is 1. The van der Waals surface area contributed by atoms with Crippen LogP contribution in [0.25, 0.3) is 10.9 Å². The lowest BCUT2D eigenvalue weighted by atomic mass is 10.2. The molecular weight excluding hydrogens is 326 g/mol. The summed E-state index contributed by atoms with van der Waals surface area (Å²) < 4.78 is 26.2. The average molecular weight is 344 g/mol. The maximum atomic E-state index is 13.1. The SMILES string of the molecule is CN(C)c1ncc(CN(C)c2nc(C(F)F)nc3ccccc23)cn1. The summed E-state index contributed by atoms with van der Waals surface area (Å²) in [5.74, 6) is 0.594. The van der Waals surface area contributed by atoms with Crippen LogP contribution in [0, 0.1) is 0 Å². The normalized spacial score (nSPS) is 11.1. The third-order valence-electron chi connectivity index (χ3n) is 3.67. The predicted octanol–water partition coefficient (Wildman–Crippen LogP) is 3.06. The molecule has 0 aliphatic heterocycles. The van der Waals surface area contributed by atoms with Gasteiger partial charge in [-0.05, 0) is 12.1 Å². The van der Waals surface area contributed by atoms with Gasteiger partial charge in [-0.25, -0.2) is 28.7 Å². The molecule has 0 fully saturated rings. The van der Waals surface area contributed by atoms with E-state index in [0.29, 0.717) is 23.8 Å². The van der Waals surface area contributed by atoms with Gasteiger partial charge >= 0.3 is 0 Å². The molecule has 0 bridgehead atoms. The molecule has 2 aromatic heterocycles. The van der Waals surface area contributed by atoms with Crippen LogP contribution < -0.4 is 9.80 Å². The third-order valence-corrected chi connectivity index (χ3v) is 3.67. The summed E-state index contributed by atoms with van der Waals surface area (Å²) in [5, 5.41) is 0.722. The van der Waals surface area contributed by atoms with Gasteiger partial charge in [0.2, 0.25) is 5.95 Å². The smallest absolute Gasteiger partial charge is 0.297 e. The Balaban J connectivity index is 1.94. The van der Waals surface area contributed by atoms with Crippen LogP contribution in [-0.4, -0.2) is 41.1 Å². The van der Waals surface area contributed by atoms with Gasteiger partial charge in [-0.1, -0.05) is 12.1 Å².